The Morgan fingerprint density at radius 2 is 1.78 bits per heavy atom. The van der Waals surface area contributed by atoms with Crippen LogP contribution in [0.4, 0.5) is 0 Å². The van der Waals surface area contributed by atoms with Gasteiger partial charge in [-0.2, -0.15) is 0 Å². The van der Waals surface area contributed by atoms with E-state index in [1.807, 2.05) is 56.0 Å². The van der Waals surface area contributed by atoms with Crippen molar-refractivity contribution in [2.45, 2.75) is 32.5 Å². The molecule has 1 amide bonds. The average molecular weight is 320 g/mol. The number of hydrogen-bond donors (Lipinski definition) is 1. The minimum atomic E-state index is -0.495. The van der Waals surface area contributed by atoms with E-state index in [4.69, 9.17) is 4.74 Å². The monoisotopic (exact) mass is 320 g/mol. The summed E-state index contributed by atoms with van der Waals surface area (Å²) in [4.78, 5) is 16.4. The normalized spacial score (nSPS) is 18.0. The number of rotatable bonds is 5. The lowest BCUT2D eigenvalue weighted by molar-refractivity contribution is -0.0581. The first-order valence-electron chi connectivity index (χ1n) is 8.24. The number of nitrogens with zero attached hydrogens (tertiary/aromatic N) is 2. The minimum absolute atomic E-state index is 0.0851. The van der Waals surface area contributed by atoms with Gasteiger partial charge < -0.3 is 14.7 Å². The van der Waals surface area contributed by atoms with Gasteiger partial charge in [0.1, 0.15) is 0 Å². The molecule has 1 aromatic rings. The SMILES string of the molecule is CC(C)(C)OC[C@H](O)CN1CCN(C(=O)c2ccccc2)CC1. The smallest absolute Gasteiger partial charge is 0.253 e. The van der Waals surface area contributed by atoms with Gasteiger partial charge >= 0.3 is 0 Å². The third-order valence-corrected chi connectivity index (χ3v) is 3.86. The fourth-order valence-electron chi connectivity index (χ4n) is 2.59. The maximum Gasteiger partial charge on any atom is 0.253 e. The van der Waals surface area contributed by atoms with Gasteiger partial charge in [-0.15, -0.1) is 0 Å². The molecule has 0 unspecified atom stereocenters. The van der Waals surface area contributed by atoms with Crippen LogP contribution in [0.2, 0.25) is 0 Å². The maximum atomic E-state index is 12.4. The van der Waals surface area contributed by atoms with Crippen LogP contribution in [0.1, 0.15) is 31.1 Å². The number of aliphatic hydroxyl groups excluding tert-OH is 1. The lowest BCUT2D eigenvalue weighted by atomic mass is 10.1. The number of aliphatic hydroxyl groups is 1. The number of ether oxygens (including phenoxy) is 1. The highest BCUT2D eigenvalue weighted by molar-refractivity contribution is 5.94. The second-order valence-electron chi connectivity index (χ2n) is 7.04. The summed E-state index contributed by atoms with van der Waals surface area (Å²) in [6, 6.07) is 9.38. The molecule has 0 spiro atoms. The maximum absolute atomic E-state index is 12.4. The van der Waals surface area contributed by atoms with Gasteiger partial charge in [-0.25, -0.2) is 0 Å². The predicted octanol–water partition coefficient (Wildman–Crippen LogP) is 1.62. The van der Waals surface area contributed by atoms with Gasteiger partial charge in [0.2, 0.25) is 0 Å². The van der Waals surface area contributed by atoms with E-state index in [-0.39, 0.29) is 11.5 Å². The molecule has 1 N–H and O–H groups in total. The summed E-state index contributed by atoms with van der Waals surface area (Å²) in [6.45, 7) is 9.82. The van der Waals surface area contributed by atoms with Crippen LogP contribution in [0.3, 0.4) is 0 Å². The van der Waals surface area contributed by atoms with Gasteiger partial charge in [0.25, 0.3) is 5.91 Å². The van der Waals surface area contributed by atoms with Crippen molar-refractivity contribution in [1.29, 1.82) is 0 Å². The van der Waals surface area contributed by atoms with E-state index in [1.165, 1.54) is 0 Å². The largest absolute Gasteiger partial charge is 0.389 e. The lowest BCUT2D eigenvalue weighted by Crippen LogP contribution is -2.51. The van der Waals surface area contributed by atoms with Crippen LogP contribution in [-0.2, 0) is 4.74 Å². The number of benzene rings is 1. The van der Waals surface area contributed by atoms with Crippen LogP contribution < -0.4 is 0 Å². The molecule has 0 aliphatic carbocycles. The summed E-state index contributed by atoms with van der Waals surface area (Å²) in [5, 5.41) is 10.1. The molecule has 0 saturated carbocycles. The predicted molar refractivity (Wildman–Crippen MR) is 90.5 cm³/mol. The van der Waals surface area contributed by atoms with Crippen molar-refractivity contribution in [1.82, 2.24) is 9.80 Å². The van der Waals surface area contributed by atoms with Crippen LogP contribution in [0.5, 0.6) is 0 Å². The minimum Gasteiger partial charge on any atom is -0.389 e. The van der Waals surface area contributed by atoms with Crippen molar-refractivity contribution >= 4 is 5.91 Å². The molecular formula is C18H28N2O3. The quantitative estimate of drug-likeness (QED) is 0.896. The van der Waals surface area contributed by atoms with E-state index >= 15 is 0 Å². The molecule has 1 aromatic carbocycles. The highest BCUT2D eigenvalue weighted by Gasteiger charge is 2.23. The molecule has 0 bridgehead atoms. The van der Waals surface area contributed by atoms with E-state index in [1.54, 1.807) is 0 Å². The number of hydrogen-bond acceptors (Lipinski definition) is 4. The Kier molecular flexibility index (Phi) is 6.16. The lowest BCUT2D eigenvalue weighted by Gasteiger charge is -2.36. The molecule has 23 heavy (non-hydrogen) atoms. The highest BCUT2D eigenvalue weighted by atomic mass is 16.5. The highest BCUT2D eigenvalue weighted by Crippen LogP contribution is 2.11. The van der Waals surface area contributed by atoms with Crippen LogP contribution in [0, 0.1) is 0 Å². The Labute approximate surface area is 138 Å². The Hall–Kier alpha value is -1.43. The topological polar surface area (TPSA) is 53.0 Å². The molecule has 0 radical (unpaired) electrons. The van der Waals surface area contributed by atoms with Crippen LogP contribution in [-0.4, -0.2) is 71.8 Å². The van der Waals surface area contributed by atoms with Gasteiger partial charge in [0.15, 0.2) is 0 Å². The number of amides is 1. The zero-order chi connectivity index (χ0) is 16.9. The van der Waals surface area contributed by atoms with Gasteiger partial charge in [-0.1, -0.05) is 18.2 Å². The van der Waals surface area contributed by atoms with Crippen molar-refractivity contribution in [3.63, 3.8) is 0 Å². The second kappa shape index (κ2) is 7.90. The Morgan fingerprint density at radius 1 is 1.17 bits per heavy atom. The van der Waals surface area contributed by atoms with Crippen LogP contribution in [0.25, 0.3) is 0 Å². The average Bonchev–Trinajstić information content (AvgIpc) is 2.53. The molecular weight excluding hydrogens is 292 g/mol. The van der Waals surface area contributed by atoms with Gasteiger partial charge in [0, 0.05) is 38.3 Å². The molecule has 1 aliphatic rings. The molecule has 1 fully saturated rings. The molecule has 1 heterocycles. The van der Waals surface area contributed by atoms with E-state index in [9.17, 15) is 9.90 Å². The van der Waals surface area contributed by atoms with Crippen molar-refractivity contribution < 1.29 is 14.6 Å². The third-order valence-electron chi connectivity index (χ3n) is 3.86. The van der Waals surface area contributed by atoms with Crippen molar-refractivity contribution in [3.05, 3.63) is 35.9 Å². The fraction of sp³-hybridized carbons (Fsp3) is 0.611. The zero-order valence-corrected chi connectivity index (χ0v) is 14.4. The van der Waals surface area contributed by atoms with Gasteiger partial charge in [0.05, 0.1) is 18.3 Å². The van der Waals surface area contributed by atoms with Crippen LogP contribution >= 0.6 is 0 Å². The summed E-state index contributed by atoms with van der Waals surface area (Å²) in [6.07, 6.45) is -0.495. The standard InChI is InChI=1S/C18H28N2O3/c1-18(2,3)23-14-16(21)13-19-9-11-20(12-10-19)17(22)15-7-5-4-6-8-15/h4-8,16,21H,9-14H2,1-3H3/t16-/m1/s1. The number of piperazine rings is 1. The van der Waals surface area contributed by atoms with E-state index in [0.717, 1.165) is 18.7 Å². The summed E-state index contributed by atoms with van der Waals surface area (Å²) in [5.74, 6) is 0.0851. The number of β-amino-alcohol motifs (C(OH)–C–C–N with tert-alkyl or cyclic N) is 1. The van der Waals surface area contributed by atoms with Gasteiger partial charge in [-0.3, -0.25) is 9.69 Å². The Morgan fingerprint density at radius 3 is 2.35 bits per heavy atom. The van der Waals surface area contributed by atoms with E-state index in [0.29, 0.717) is 26.2 Å². The molecule has 1 saturated heterocycles. The molecule has 128 valence electrons. The van der Waals surface area contributed by atoms with Gasteiger partial charge in [-0.05, 0) is 32.9 Å². The Balaban J connectivity index is 1.74. The first kappa shape index (κ1) is 17.9. The second-order valence-corrected chi connectivity index (χ2v) is 7.04. The zero-order valence-electron chi connectivity index (χ0n) is 14.4. The third kappa shape index (κ3) is 5.94. The number of carbonyl (C=O) groups excluding carboxylic acids is 1. The summed E-state index contributed by atoms with van der Waals surface area (Å²) in [7, 11) is 0. The number of carbonyl (C=O) groups is 1. The van der Waals surface area contributed by atoms with Crippen molar-refractivity contribution in [3.8, 4) is 0 Å². The summed E-state index contributed by atoms with van der Waals surface area (Å²) < 4.78 is 5.61. The molecule has 5 heteroatoms. The molecule has 2 rings (SSSR count). The molecule has 5 nitrogen and oxygen atoms in total. The summed E-state index contributed by atoms with van der Waals surface area (Å²) in [5.41, 5.74) is 0.501. The molecule has 1 atom stereocenters. The van der Waals surface area contributed by atoms with E-state index in [2.05, 4.69) is 4.90 Å². The first-order chi connectivity index (χ1) is 10.8. The van der Waals surface area contributed by atoms with Crippen LogP contribution in [0.15, 0.2) is 30.3 Å². The summed E-state index contributed by atoms with van der Waals surface area (Å²) >= 11 is 0. The van der Waals surface area contributed by atoms with E-state index < -0.39 is 6.10 Å². The van der Waals surface area contributed by atoms with Crippen molar-refractivity contribution in [2.24, 2.45) is 0 Å². The fourth-order valence-corrected chi connectivity index (χ4v) is 2.59. The first-order valence-corrected chi connectivity index (χ1v) is 8.24. The molecule has 0 aromatic heterocycles. The molecule has 1 aliphatic heterocycles. The van der Waals surface area contributed by atoms with Crippen molar-refractivity contribution in [2.75, 3.05) is 39.3 Å². The Bertz CT molecular complexity index is 491.